The van der Waals surface area contributed by atoms with E-state index in [2.05, 4.69) is 0 Å². The lowest BCUT2D eigenvalue weighted by atomic mass is 10.1. The van der Waals surface area contributed by atoms with Crippen LogP contribution in [0.4, 0.5) is 0 Å². The SMILES string of the molecule is NCCOCCOCCOCCOCCOCCOc1cc(C=O)ccc1C=O. The third-order valence-electron chi connectivity index (χ3n) is 3.54. The van der Waals surface area contributed by atoms with Gasteiger partial charge in [0.1, 0.15) is 18.6 Å². The first-order valence-corrected chi connectivity index (χ1v) is 9.57. The van der Waals surface area contributed by atoms with Crippen LogP contribution >= 0.6 is 0 Å². The molecule has 29 heavy (non-hydrogen) atoms. The van der Waals surface area contributed by atoms with Crippen molar-refractivity contribution in [3.63, 3.8) is 0 Å². The van der Waals surface area contributed by atoms with Crippen molar-refractivity contribution in [3.05, 3.63) is 29.3 Å². The van der Waals surface area contributed by atoms with E-state index in [0.29, 0.717) is 102 Å². The Balaban J connectivity index is 1.88. The summed E-state index contributed by atoms with van der Waals surface area (Å²) >= 11 is 0. The van der Waals surface area contributed by atoms with Crippen molar-refractivity contribution in [1.82, 2.24) is 0 Å². The van der Waals surface area contributed by atoms with E-state index in [1.807, 2.05) is 0 Å². The summed E-state index contributed by atoms with van der Waals surface area (Å²) in [4.78, 5) is 21.8. The smallest absolute Gasteiger partial charge is 0.153 e. The quantitative estimate of drug-likeness (QED) is 0.244. The second-order valence-corrected chi connectivity index (χ2v) is 5.73. The van der Waals surface area contributed by atoms with Crippen molar-refractivity contribution in [1.29, 1.82) is 0 Å². The van der Waals surface area contributed by atoms with Gasteiger partial charge < -0.3 is 34.2 Å². The van der Waals surface area contributed by atoms with E-state index in [1.54, 1.807) is 12.1 Å². The molecule has 0 atom stereocenters. The topological polar surface area (TPSA) is 116 Å². The van der Waals surface area contributed by atoms with Crippen LogP contribution in [-0.2, 0) is 23.7 Å². The maximum Gasteiger partial charge on any atom is 0.153 e. The Morgan fingerprint density at radius 2 is 1.14 bits per heavy atom. The minimum atomic E-state index is 0.267. The van der Waals surface area contributed by atoms with E-state index >= 15 is 0 Å². The van der Waals surface area contributed by atoms with Crippen molar-refractivity contribution in [2.45, 2.75) is 0 Å². The number of hydrogen-bond donors (Lipinski definition) is 1. The molecule has 0 spiro atoms. The molecule has 0 aliphatic rings. The third-order valence-corrected chi connectivity index (χ3v) is 3.54. The van der Waals surface area contributed by atoms with Gasteiger partial charge in [-0.05, 0) is 12.1 Å². The van der Waals surface area contributed by atoms with Crippen molar-refractivity contribution >= 4 is 12.6 Å². The first kappa shape index (κ1) is 25.2. The lowest BCUT2D eigenvalue weighted by Crippen LogP contribution is -2.15. The number of nitrogens with two attached hydrogens (primary N) is 1. The maximum atomic E-state index is 11.0. The molecule has 0 saturated carbocycles. The molecule has 0 fully saturated rings. The Labute approximate surface area is 171 Å². The van der Waals surface area contributed by atoms with Crippen molar-refractivity contribution in [2.75, 3.05) is 79.2 Å². The van der Waals surface area contributed by atoms with Crippen LogP contribution in [0.1, 0.15) is 20.7 Å². The zero-order valence-electron chi connectivity index (χ0n) is 16.7. The fourth-order valence-electron chi connectivity index (χ4n) is 2.12. The van der Waals surface area contributed by atoms with E-state index in [4.69, 9.17) is 34.2 Å². The summed E-state index contributed by atoms with van der Waals surface area (Å²) < 4.78 is 32.1. The van der Waals surface area contributed by atoms with Crippen LogP contribution in [0, 0.1) is 0 Å². The van der Waals surface area contributed by atoms with Crippen LogP contribution in [0.15, 0.2) is 18.2 Å². The van der Waals surface area contributed by atoms with Crippen molar-refractivity contribution in [3.8, 4) is 5.75 Å². The lowest BCUT2D eigenvalue weighted by molar-refractivity contribution is -0.0122. The van der Waals surface area contributed by atoms with Crippen LogP contribution in [0.2, 0.25) is 0 Å². The summed E-state index contributed by atoms with van der Waals surface area (Å²) in [5.41, 5.74) is 6.14. The second kappa shape index (κ2) is 18.2. The summed E-state index contributed by atoms with van der Waals surface area (Å²) in [5, 5.41) is 0. The Kier molecular flexibility index (Phi) is 15.8. The molecule has 0 bridgehead atoms. The summed E-state index contributed by atoms with van der Waals surface area (Å²) in [6.45, 7) is 5.57. The molecule has 2 N–H and O–H groups in total. The Morgan fingerprint density at radius 3 is 1.59 bits per heavy atom. The van der Waals surface area contributed by atoms with Gasteiger partial charge in [-0.3, -0.25) is 9.59 Å². The van der Waals surface area contributed by atoms with Gasteiger partial charge in [-0.25, -0.2) is 0 Å². The summed E-state index contributed by atoms with van der Waals surface area (Å²) in [6.07, 6.45) is 1.39. The molecule has 0 heterocycles. The number of carbonyl (C=O) groups excluding carboxylic acids is 2. The van der Waals surface area contributed by atoms with Crippen LogP contribution in [-0.4, -0.2) is 91.8 Å². The molecule has 0 saturated heterocycles. The van der Waals surface area contributed by atoms with Gasteiger partial charge in [0.25, 0.3) is 0 Å². The van der Waals surface area contributed by atoms with E-state index in [0.717, 1.165) is 0 Å². The number of ether oxygens (including phenoxy) is 6. The average Bonchev–Trinajstić information content (AvgIpc) is 2.75. The molecule has 9 heteroatoms. The zero-order valence-corrected chi connectivity index (χ0v) is 16.7. The normalized spacial score (nSPS) is 10.8. The van der Waals surface area contributed by atoms with Crippen molar-refractivity contribution < 1.29 is 38.0 Å². The molecule has 0 aliphatic carbocycles. The van der Waals surface area contributed by atoms with E-state index in [1.165, 1.54) is 6.07 Å². The van der Waals surface area contributed by atoms with Gasteiger partial charge in [-0.2, -0.15) is 0 Å². The zero-order chi connectivity index (χ0) is 21.0. The number of hydrogen-bond acceptors (Lipinski definition) is 9. The van der Waals surface area contributed by atoms with Gasteiger partial charge in [0, 0.05) is 12.1 Å². The van der Waals surface area contributed by atoms with Crippen LogP contribution in [0.25, 0.3) is 0 Å². The minimum absolute atomic E-state index is 0.267. The molecule has 9 nitrogen and oxygen atoms in total. The average molecular weight is 413 g/mol. The minimum Gasteiger partial charge on any atom is -0.490 e. The third kappa shape index (κ3) is 13.1. The summed E-state index contributed by atoms with van der Waals surface area (Å²) in [7, 11) is 0. The Hall–Kier alpha value is -1.88. The molecule has 0 radical (unpaired) electrons. The van der Waals surface area contributed by atoms with E-state index < -0.39 is 0 Å². The highest BCUT2D eigenvalue weighted by molar-refractivity contribution is 5.83. The number of aldehydes is 2. The molecule has 1 rings (SSSR count). The van der Waals surface area contributed by atoms with Gasteiger partial charge in [-0.1, -0.05) is 6.07 Å². The number of rotatable bonds is 20. The van der Waals surface area contributed by atoms with Gasteiger partial charge in [0.05, 0.1) is 71.6 Å². The molecule has 0 aromatic heterocycles. The lowest BCUT2D eigenvalue weighted by Gasteiger charge is -2.10. The Bertz CT molecular complexity index is 555. The van der Waals surface area contributed by atoms with Gasteiger partial charge in [0.15, 0.2) is 6.29 Å². The molecular weight excluding hydrogens is 382 g/mol. The van der Waals surface area contributed by atoms with E-state index in [9.17, 15) is 9.59 Å². The highest BCUT2D eigenvalue weighted by Gasteiger charge is 2.04. The molecule has 0 aliphatic heterocycles. The molecular formula is C20H31NO8. The largest absolute Gasteiger partial charge is 0.490 e. The van der Waals surface area contributed by atoms with Crippen LogP contribution in [0.5, 0.6) is 5.75 Å². The standard InChI is InChI=1S/C20H31NO8/c21-3-4-24-5-6-25-7-8-26-9-10-27-11-12-28-13-14-29-20-15-18(16-22)1-2-19(20)17-23/h1-2,15-17H,3-14,21H2. The van der Waals surface area contributed by atoms with Gasteiger partial charge >= 0.3 is 0 Å². The fraction of sp³-hybridized carbons (Fsp3) is 0.600. The van der Waals surface area contributed by atoms with E-state index in [-0.39, 0.29) is 6.61 Å². The van der Waals surface area contributed by atoms with Crippen LogP contribution < -0.4 is 10.5 Å². The molecule has 0 unspecified atom stereocenters. The number of carbonyl (C=O) groups is 2. The summed E-state index contributed by atoms with van der Waals surface area (Å²) in [5.74, 6) is 0.369. The van der Waals surface area contributed by atoms with Crippen LogP contribution in [0.3, 0.4) is 0 Å². The van der Waals surface area contributed by atoms with Gasteiger partial charge in [-0.15, -0.1) is 0 Å². The molecule has 0 amide bonds. The highest BCUT2D eigenvalue weighted by Crippen LogP contribution is 2.18. The Morgan fingerprint density at radius 1 is 0.655 bits per heavy atom. The molecule has 164 valence electrons. The molecule has 1 aromatic rings. The monoisotopic (exact) mass is 413 g/mol. The predicted octanol–water partition coefficient (Wildman–Crippen LogP) is 0.732. The predicted molar refractivity (Wildman–Crippen MR) is 106 cm³/mol. The first-order chi connectivity index (χ1) is 14.3. The first-order valence-electron chi connectivity index (χ1n) is 9.57. The molecule has 1 aromatic carbocycles. The second-order valence-electron chi connectivity index (χ2n) is 5.73. The number of benzene rings is 1. The maximum absolute atomic E-state index is 11.0. The summed E-state index contributed by atoms with van der Waals surface area (Å²) in [6, 6.07) is 4.64. The highest BCUT2D eigenvalue weighted by atomic mass is 16.6. The fourth-order valence-corrected chi connectivity index (χ4v) is 2.12. The van der Waals surface area contributed by atoms with Gasteiger partial charge in [0.2, 0.25) is 0 Å². The van der Waals surface area contributed by atoms with Crippen molar-refractivity contribution in [2.24, 2.45) is 5.73 Å².